The van der Waals surface area contributed by atoms with Gasteiger partial charge in [0.2, 0.25) is 0 Å². The van der Waals surface area contributed by atoms with Gasteiger partial charge >= 0.3 is 0 Å². The Morgan fingerprint density at radius 3 is 2.79 bits per heavy atom. The molecule has 0 aliphatic heterocycles. The topological polar surface area (TPSA) is 25.8 Å². The average molecular weight is 294 g/mol. The van der Waals surface area contributed by atoms with E-state index in [1.54, 1.807) is 11.8 Å². The van der Waals surface area contributed by atoms with Crippen LogP contribution >= 0.6 is 39.3 Å². The van der Waals surface area contributed by atoms with Crippen molar-refractivity contribution in [1.29, 1.82) is 0 Å². The van der Waals surface area contributed by atoms with Crippen molar-refractivity contribution in [3.63, 3.8) is 0 Å². The molecule has 76 valence electrons. The second-order valence-electron chi connectivity index (χ2n) is 3.34. The van der Waals surface area contributed by atoms with Gasteiger partial charge < -0.3 is 0 Å². The maximum Gasteiger partial charge on any atom is 0.147 e. The summed E-state index contributed by atoms with van der Waals surface area (Å²) < 4.78 is 0.881. The molecule has 0 amide bonds. The average Bonchev–Trinajstić information content (AvgIpc) is 2.94. The van der Waals surface area contributed by atoms with Crippen LogP contribution in [-0.4, -0.2) is 16.2 Å². The standard InChI is InChI=1S/C9H10BrClN2S/c1-14-4-6-12-8(5-2-3-5)7(10)9(11)13-6/h5H,2-4H2,1H3. The van der Waals surface area contributed by atoms with E-state index in [9.17, 15) is 0 Å². The molecule has 2 rings (SSSR count). The van der Waals surface area contributed by atoms with E-state index < -0.39 is 0 Å². The second-order valence-corrected chi connectivity index (χ2v) is 5.35. The Hall–Kier alpha value is 0.200. The molecular formula is C9H10BrClN2S. The van der Waals surface area contributed by atoms with Gasteiger partial charge in [-0.1, -0.05) is 11.6 Å². The summed E-state index contributed by atoms with van der Waals surface area (Å²) in [6, 6.07) is 0. The predicted molar refractivity (Wildman–Crippen MR) is 63.9 cm³/mol. The molecule has 1 fully saturated rings. The molecule has 1 aromatic rings. The molecule has 1 aliphatic rings. The zero-order valence-electron chi connectivity index (χ0n) is 7.76. The Labute approximate surface area is 101 Å². The summed E-state index contributed by atoms with van der Waals surface area (Å²) in [6.45, 7) is 0. The van der Waals surface area contributed by atoms with E-state index in [-0.39, 0.29) is 0 Å². The van der Waals surface area contributed by atoms with E-state index in [2.05, 4.69) is 25.9 Å². The molecule has 0 N–H and O–H groups in total. The van der Waals surface area contributed by atoms with Crippen LogP contribution in [0.2, 0.25) is 5.15 Å². The van der Waals surface area contributed by atoms with Crippen LogP contribution in [0.3, 0.4) is 0 Å². The molecule has 0 bridgehead atoms. The molecule has 5 heteroatoms. The summed E-state index contributed by atoms with van der Waals surface area (Å²) in [5.41, 5.74) is 1.09. The quantitative estimate of drug-likeness (QED) is 0.796. The molecule has 14 heavy (non-hydrogen) atoms. The maximum absolute atomic E-state index is 6.02. The molecular weight excluding hydrogens is 284 g/mol. The molecule has 0 aromatic carbocycles. The first-order chi connectivity index (χ1) is 6.72. The summed E-state index contributed by atoms with van der Waals surface area (Å²) in [4.78, 5) is 8.74. The lowest BCUT2D eigenvalue weighted by atomic mass is 10.3. The third-order valence-corrected chi connectivity index (χ3v) is 3.95. The van der Waals surface area contributed by atoms with Gasteiger partial charge in [-0.3, -0.25) is 0 Å². The molecule has 1 heterocycles. The van der Waals surface area contributed by atoms with E-state index >= 15 is 0 Å². The van der Waals surface area contributed by atoms with Gasteiger partial charge in [0.15, 0.2) is 0 Å². The van der Waals surface area contributed by atoms with Gasteiger partial charge in [-0.15, -0.1) is 0 Å². The van der Waals surface area contributed by atoms with Crippen LogP contribution in [0.1, 0.15) is 30.3 Å². The lowest BCUT2D eigenvalue weighted by molar-refractivity contribution is 0.920. The van der Waals surface area contributed by atoms with Gasteiger partial charge in [-0.2, -0.15) is 11.8 Å². The molecule has 0 radical (unpaired) electrons. The summed E-state index contributed by atoms with van der Waals surface area (Å²) in [7, 11) is 0. The summed E-state index contributed by atoms with van der Waals surface area (Å²) in [5, 5.41) is 0.547. The van der Waals surface area contributed by atoms with Crippen molar-refractivity contribution >= 4 is 39.3 Å². The number of aromatic nitrogens is 2. The van der Waals surface area contributed by atoms with Crippen LogP contribution in [0.4, 0.5) is 0 Å². The van der Waals surface area contributed by atoms with Crippen LogP contribution < -0.4 is 0 Å². The Morgan fingerprint density at radius 2 is 2.21 bits per heavy atom. The van der Waals surface area contributed by atoms with Crippen molar-refractivity contribution in [2.24, 2.45) is 0 Å². The van der Waals surface area contributed by atoms with Gasteiger partial charge in [0.05, 0.1) is 15.9 Å². The zero-order chi connectivity index (χ0) is 10.1. The molecule has 1 aliphatic carbocycles. The fraction of sp³-hybridized carbons (Fsp3) is 0.556. The first-order valence-electron chi connectivity index (χ1n) is 4.43. The third-order valence-electron chi connectivity index (χ3n) is 2.12. The molecule has 2 nitrogen and oxygen atoms in total. The molecule has 1 aromatic heterocycles. The van der Waals surface area contributed by atoms with E-state index in [1.807, 2.05) is 6.26 Å². The minimum absolute atomic E-state index is 0.547. The van der Waals surface area contributed by atoms with Gasteiger partial charge in [0.25, 0.3) is 0 Å². The van der Waals surface area contributed by atoms with E-state index in [1.165, 1.54) is 12.8 Å². The Bertz CT molecular complexity index is 355. The minimum atomic E-state index is 0.547. The number of hydrogen-bond donors (Lipinski definition) is 0. The summed E-state index contributed by atoms with van der Waals surface area (Å²) in [5.74, 6) is 2.27. The first-order valence-corrected chi connectivity index (χ1v) is 6.99. The van der Waals surface area contributed by atoms with Crippen LogP contribution in [-0.2, 0) is 5.75 Å². The normalized spacial score (nSPS) is 15.9. The Kier molecular flexibility index (Phi) is 3.34. The largest absolute Gasteiger partial charge is 0.235 e. The first kappa shape index (κ1) is 10.7. The van der Waals surface area contributed by atoms with Crippen LogP contribution in [0.5, 0.6) is 0 Å². The number of hydrogen-bond acceptors (Lipinski definition) is 3. The molecule has 0 unspecified atom stereocenters. The number of nitrogens with zero attached hydrogens (tertiary/aromatic N) is 2. The summed E-state index contributed by atoms with van der Waals surface area (Å²) >= 11 is 11.2. The zero-order valence-corrected chi connectivity index (χ0v) is 10.9. The SMILES string of the molecule is CSCc1nc(Cl)c(Br)c(C2CC2)n1. The highest BCUT2D eigenvalue weighted by Crippen LogP contribution is 2.43. The van der Waals surface area contributed by atoms with Crippen LogP contribution in [0, 0.1) is 0 Å². The third kappa shape index (κ3) is 2.23. The smallest absolute Gasteiger partial charge is 0.147 e. The highest BCUT2D eigenvalue weighted by molar-refractivity contribution is 9.10. The maximum atomic E-state index is 6.02. The fourth-order valence-electron chi connectivity index (χ4n) is 1.30. The van der Waals surface area contributed by atoms with E-state index in [4.69, 9.17) is 11.6 Å². The lowest BCUT2D eigenvalue weighted by Gasteiger charge is -2.06. The van der Waals surface area contributed by atoms with Crippen molar-refractivity contribution in [3.05, 3.63) is 21.1 Å². The molecule has 0 spiro atoms. The highest BCUT2D eigenvalue weighted by Gasteiger charge is 2.28. The minimum Gasteiger partial charge on any atom is -0.235 e. The molecule has 0 atom stereocenters. The van der Waals surface area contributed by atoms with Crippen molar-refractivity contribution < 1.29 is 0 Å². The van der Waals surface area contributed by atoms with Gasteiger partial charge in [0, 0.05) is 5.92 Å². The van der Waals surface area contributed by atoms with Crippen molar-refractivity contribution in [2.75, 3.05) is 6.26 Å². The highest BCUT2D eigenvalue weighted by atomic mass is 79.9. The van der Waals surface area contributed by atoms with E-state index in [0.717, 1.165) is 21.7 Å². The summed E-state index contributed by atoms with van der Waals surface area (Å²) in [6.07, 6.45) is 4.49. The Balaban J connectivity index is 2.36. The molecule has 0 saturated heterocycles. The predicted octanol–water partition coefficient (Wildman–Crippen LogP) is 3.63. The molecule has 1 saturated carbocycles. The van der Waals surface area contributed by atoms with Crippen molar-refractivity contribution in [2.45, 2.75) is 24.5 Å². The number of halogens is 2. The number of rotatable bonds is 3. The van der Waals surface area contributed by atoms with Gasteiger partial charge in [0.1, 0.15) is 11.0 Å². The lowest BCUT2D eigenvalue weighted by Crippen LogP contribution is -1.99. The number of thioether (sulfide) groups is 1. The van der Waals surface area contributed by atoms with Gasteiger partial charge in [-0.25, -0.2) is 9.97 Å². The Morgan fingerprint density at radius 1 is 1.50 bits per heavy atom. The fourth-order valence-corrected chi connectivity index (χ4v) is 2.38. The monoisotopic (exact) mass is 292 g/mol. The second kappa shape index (κ2) is 4.37. The van der Waals surface area contributed by atoms with Crippen molar-refractivity contribution in [1.82, 2.24) is 9.97 Å². The van der Waals surface area contributed by atoms with Crippen molar-refractivity contribution in [3.8, 4) is 0 Å². The van der Waals surface area contributed by atoms with Crippen LogP contribution in [0.15, 0.2) is 4.47 Å². The van der Waals surface area contributed by atoms with Crippen LogP contribution in [0.25, 0.3) is 0 Å². The van der Waals surface area contributed by atoms with E-state index in [0.29, 0.717) is 11.1 Å². The van der Waals surface area contributed by atoms with Gasteiger partial charge in [-0.05, 0) is 35.0 Å².